The molecule has 0 saturated carbocycles. The number of carbonyl (C=O) groups excluding carboxylic acids is 1. The van der Waals surface area contributed by atoms with Gasteiger partial charge in [-0.3, -0.25) is 0 Å². The Morgan fingerprint density at radius 2 is 1.62 bits per heavy atom. The molecule has 0 unspecified atom stereocenters. The molecule has 0 aliphatic carbocycles. The molecule has 212 valence electrons. The minimum absolute atomic E-state index is 0.0343. The Bertz CT molecular complexity index is 1230. The highest BCUT2D eigenvalue weighted by molar-refractivity contribution is 5.74. The van der Waals surface area contributed by atoms with Gasteiger partial charge in [-0.25, -0.2) is 4.79 Å². The van der Waals surface area contributed by atoms with Crippen LogP contribution in [0.2, 0.25) is 0 Å². The number of hydrogen-bond acceptors (Lipinski definition) is 5. The minimum atomic E-state index is -0.463. The van der Waals surface area contributed by atoms with E-state index >= 15 is 0 Å². The number of rotatable bonds is 9. The summed E-state index contributed by atoms with van der Waals surface area (Å²) in [6, 6.07) is 24.4. The molecule has 0 spiro atoms. The number of piperidine rings is 1. The molecule has 40 heavy (non-hydrogen) atoms. The number of urea groups is 1. The molecular formula is C33H41N3O4. The fraction of sp³-hybridized carbons (Fsp3) is 0.424. The summed E-state index contributed by atoms with van der Waals surface area (Å²) in [4.78, 5) is 14.5. The molecule has 2 fully saturated rings. The zero-order valence-corrected chi connectivity index (χ0v) is 23.4. The minimum Gasteiger partial charge on any atom is -0.392 e. The van der Waals surface area contributed by atoms with E-state index in [0.29, 0.717) is 13.1 Å². The Balaban J connectivity index is 1.33. The van der Waals surface area contributed by atoms with Gasteiger partial charge in [-0.05, 0) is 60.7 Å². The summed E-state index contributed by atoms with van der Waals surface area (Å²) in [7, 11) is 0. The van der Waals surface area contributed by atoms with Crippen LogP contribution in [0.5, 0.6) is 0 Å². The van der Waals surface area contributed by atoms with Gasteiger partial charge in [0, 0.05) is 31.6 Å². The number of hydrogen-bond donors (Lipinski definition) is 3. The summed E-state index contributed by atoms with van der Waals surface area (Å²) < 4.78 is 13.1. The average Bonchev–Trinajstić information content (AvgIpc) is 3.01. The van der Waals surface area contributed by atoms with Crippen LogP contribution in [0.1, 0.15) is 67.3 Å². The monoisotopic (exact) mass is 543 g/mol. The van der Waals surface area contributed by atoms with Gasteiger partial charge in [0.15, 0.2) is 6.29 Å². The molecule has 3 N–H and O–H groups in total. The lowest BCUT2D eigenvalue weighted by Gasteiger charge is -2.39. The van der Waals surface area contributed by atoms with Gasteiger partial charge < -0.3 is 30.1 Å². The molecule has 2 saturated heterocycles. The third-order valence-corrected chi connectivity index (χ3v) is 7.81. The van der Waals surface area contributed by atoms with E-state index in [1.54, 1.807) is 0 Å². The first kappa shape index (κ1) is 28.3. The highest BCUT2D eigenvalue weighted by atomic mass is 16.7. The molecule has 3 aromatic carbocycles. The largest absolute Gasteiger partial charge is 0.392 e. The number of aliphatic hydroxyl groups excluding tert-OH is 1. The topological polar surface area (TPSA) is 83.1 Å². The summed E-state index contributed by atoms with van der Waals surface area (Å²) in [5.41, 5.74) is 6.21. The number of likely N-dealkylation sites (tertiary alicyclic amines) is 1. The first-order valence-electron chi connectivity index (χ1n) is 14.6. The van der Waals surface area contributed by atoms with Crippen molar-refractivity contribution in [1.82, 2.24) is 15.5 Å². The van der Waals surface area contributed by atoms with E-state index in [4.69, 9.17) is 9.47 Å². The number of benzene rings is 3. The van der Waals surface area contributed by atoms with Crippen molar-refractivity contribution in [2.45, 2.75) is 64.3 Å². The quantitative estimate of drug-likeness (QED) is 0.323. The number of amides is 2. The van der Waals surface area contributed by atoms with Crippen LogP contribution in [-0.4, -0.2) is 48.3 Å². The normalized spacial score (nSPS) is 21.6. The van der Waals surface area contributed by atoms with Gasteiger partial charge in [0.05, 0.1) is 18.8 Å². The molecule has 3 aromatic rings. The zero-order chi connectivity index (χ0) is 27.7. The SMILES string of the molecule is CCNC(=O)NCc1ccccc1-c1ccc([C@@H]2O[C@H](CN3CCCCC3)C[C@H](c3ccc(CO)cc3)O2)cc1. The van der Waals surface area contributed by atoms with Crippen LogP contribution in [-0.2, 0) is 22.6 Å². The predicted molar refractivity (Wildman–Crippen MR) is 157 cm³/mol. The highest BCUT2D eigenvalue weighted by Gasteiger charge is 2.33. The Morgan fingerprint density at radius 1 is 0.900 bits per heavy atom. The summed E-state index contributed by atoms with van der Waals surface area (Å²) in [6.45, 7) is 6.15. The third kappa shape index (κ3) is 7.29. The van der Waals surface area contributed by atoms with Crippen molar-refractivity contribution in [3.63, 3.8) is 0 Å². The van der Waals surface area contributed by atoms with Gasteiger partial charge in [0.2, 0.25) is 0 Å². The Kier molecular flexibility index (Phi) is 9.84. The van der Waals surface area contributed by atoms with Crippen molar-refractivity contribution < 1.29 is 19.4 Å². The van der Waals surface area contributed by atoms with Crippen LogP contribution >= 0.6 is 0 Å². The Hall–Kier alpha value is -3.23. The standard InChI is InChI=1S/C33H41N3O4/c1-2-34-33(38)35-21-28-8-4-5-9-30(28)25-14-16-27(17-15-25)32-39-29(22-36-18-6-3-7-19-36)20-31(40-32)26-12-10-24(23-37)11-13-26/h4-5,8-17,29,31-32,37H,2-3,6-7,18-23H2,1H3,(H2,34,35,38)/t29-,31+,32+/m0/s1. The van der Waals surface area contributed by atoms with Gasteiger partial charge in [0.1, 0.15) is 0 Å². The lowest BCUT2D eigenvalue weighted by atomic mass is 9.97. The Morgan fingerprint density at radius 3 is 2.35 bits per heavy atom. The number of nitrogens with one attached hydrogen (secondary N) is 2. The molecule has 0 radical (unpaired) electrons. The van der Waals surface area contributed by atoms with Crippen molar-refractivity contribution >= 4 is 6.03 Å². The van der Waals surface area contributed by atoms with Crippen molar-refractivity contribution in [1.29, 1.82) is 0 Å². The predicted octanol–water partition coefficient (Wildman–Crippen LogP) is 5.70. The zero-order valence-electron chi connectivity index (χ0n) is 23.4. The number of carbonyl (C=O) groups is 1. The molecule has 3 atom stereocenters. The van der Waals surface area contributed by atoms with Gasteiger partial charge >= 0.3 is 6.03 Å². The molecule has 2 heterocycles. The van der Waals surface area contributed by atoms with Crippen molar-refractivity contribution in [2.24, 2.45) is 0 Å². The van der Waals surface area contributed by atoms with E-state index in [9.17, 15) is 9.90 Å². The molecule has 7 nitrogen and oxygen atoms in total. The second-order valence-electron chi connectivity index (χ2n) is 10.7. The molecule has 0 aromatic heterocycles. The smallest absolute Gasteiger partial charge is 0.315 e. The molecular weight excluding hydrogens is 502 g/mol. The number of nitrogens with zero attached hydrogens (tertiary/aromatic N) is 1. The lowest BCUT2D eigenvalue weighted by molar-refractivity contribution is -0.253. The molecule has 2 aliphatic heterocycles. The fourth-order valence-electron chi connectivity index (χ4n) is 5.64. The van der Waals surface area contributed by atoms with Crippen LogP contribution in [0.3, 0.4) is 0 Å². The molecule has 2 amide bonds. The maximum Gasteiger partial charge on any atom is 0.315 e. The first-order chi connectivity index (χ1) is 19.6. The molecule has 0 bridgehead atoms. The van der Waals surface area contributed by atoms with Crippen LogP contribution in [0.25, 0.3) is 11.1 Å². The van der Waals surface area contributed by atoms with Gasteiger partial charge in [-0.1, -0.05) is 79.2 Å². The number of ether oxygens (including phenoxy) is 2. The van der Waals surface area contributed by atoms with Gasteiger partial charge in [0.25, 0.3) is 0 Å². The Labute approximate surface area is 237 Å². The van der Waals surface area contributed by atoms with Crippen molar-refractivity contribution in [3.05, 3.63) is 95.1 Å². The van der Waals surface area contributed by atoms with Crippen molar-refractivity contribution in [2.75, 3.05) is 26.2 Å². The van der Waals surface area contributed by atoms with Gasteiger partial charge in [-0.2, -0.15) is 0 Å². The average molecular weight is 544 g/mol. The van der Waals surface area contributed by atoms with E-state index in [-0.39, 0.29) is 24.8 Å². The second-order valence-corrected chi connectivity index (χ2v) is 10.7. The summed E-state index contributed by atoms with van der Waals surface area (Å²) >= 11 is 0. The van der Waals surface area contributed by atoms with Crippen molar-refractivity contribution in [3.8, 4) is 11.1 Å². The van der Waals surface area contributed by atoms with Gasteiger partial charge in [-0.15, -0.1) is 0 Å². The highest BCUT2D eigenvalue weighted by Crippen LogP contribution is 2.39. The summed E-state index contributed by atoms with van der Waals surface area (Å²) in [5, 5.41) is 15.2. The van der Waals surface area contributed by atoms with Crippen LogP contribution in [0, 0.1) is 0 Å². The van der Waals surface area contributed by atoms with Crippen LogP contribution in [0.4, 0.5) is 4.79 Å². The third-order valence-electron chi connectivity index (χ3n) is 7.81. The maximum absolute atomic E-state index is 11.9. The number of aliphatic hydroxyl groups is 1. The summed E-state index contributed by atoms with van der Waals surface area (Å²) in [5.74, 6) is 0. The summed E-state index contributed by atoms with van der Waals surface area (Å²) in [6.07, 6.45) is 4.14. The van der Waals surface area contributed by atoms with E-state index < -0.39 is 6.29 Å². The van der Waals surface area contributed by atoms with Crippen LogP contribution < -0.4 is 10.6 Å². The molecule has 7 heteroatoms. The van der Waals surface area contributed by atoms with E-state index in [0.717, 1.165) is 59.4 Å². The molecule has 2 aliphatic rings. The maximum atomic E-state index is 11.9. The molecule has 5 rings (SSSR count). The second kappa shape index (κ2) is 13.9. The van der Waals surface area contributed by atoms with E-state index in [1.165, 1.54) is 19.3 Å². The fourth-order valence-corrected chi connectivity index (χ4v) is 5.64. The first-order valence-corrected chi connectivity index (χ1v) is 14.6. The van der Waals surface area contributed by atoms with E-state index in [2.05, 4.69) is 58.0 Å². The van der Waals surface area contributed by atoms with Crippen LogP contribution in [0.15, 0.2) is 72.8 Å². The lowest BCUT2D eigenvalue weighted by Crippen LogP contribution is -2.41. The van der Waals surface area contributed by atoms with E-state index in [1.807, 2.05) is 37.3 Å².